The van der Waals surface area contributed by atoms with Crippen LogP contribution in [0.4, 0.5) is 5.13 Å². The summed E-state index contributed by atoms with van der Waals surface area (Å²) in [5.41, 5.74) is 0. The van der Waals surface area contributed by atoms with Crippen molar-refractivity contribution in [2.75, 3.05) is 18.9 Å². The van der Waals surface area contributed by atoms with Crippen LogP contribution in [-0.2, 0) is 6.54 Å². The molecule has 1 aromatic rings. The lowest BCUT2D eigenvalue weighted by Gasteiger charge is -2.30. The van der Waals surface area contributed by atoms with Gasteiger partial charge in [0.05, 0.1) is 6.54 Å². The maximum Gasteiger partial charge on any atom is 0.205 e. The van der Waals surface area contributed by atoms with Crippen LogP contribution in [0.2, 0.25) is 0 Å². The van der Waals surface area contributed by atoms with Crippen LogP contribution in [0, 0.1) is 0 Å². The third-order valence-corrected chi connectivity index (χ3v) is 4.24. The quantitative estimate of drug-likeness (QED) is 0.877. The lowest BCUT2D eigenvalue weighted by Crippen LogP contribution is -2.32. The van der Waals surface area contributed by atoms with E-state index in [4.69, 9.17) is 0 Å². The van der Waals surface area contributed by atoms with Gasteiger partial charge in [0, 0.05) is 12.6 Å². The zero-order valence-electron chi connectivity index (χ0n) is 10.8. The number of hydrogen-bond acceptors (Lipinski definition) is 5. The largest absolute Gasteiger partial charge is 0.360 e. The van der Waals surface area contributed by atoms with Gasteiger partial charge in [0.15, 0.2) is 0 Å². The zero-order valence-corrected chi connectivity index (χ0v) is 11.6. The van der Waals surface area contributed by atoms with E-state index >= 15 is 0 Å². The van der Waals surface area contributed by atoms with Gasteiger partial charge in [0.25, 0.3) is 0 Å². The molecule has 0 spiro atoms. The number of nitrogens with one attached hydrogen (secondary N) is 1. The first-order chi connectivity index (χ1) is 8.29. The van der Waals surface area contributed by atoms with Crippen LogP contribution in [0.5, 0.6) is 0 Å². The Kier molecular flexibility index (Phi) is 4.74. The molecule has 1 aliphatic carbocycles. The van der Waals surface area contributed by atoms with E-state index < -0.39 is 0 Å². The van der Waals surface area contributed by atoms with Crippen LogP contribution < -0.4 is 5.32 Å². The van der Waals surface area contributed by atoms with E-state index in [2.05, 4.69) is 34.4 Å². The summed E-state index contributed by atoms with van der Waals surface area (Å²) in [5.74, 6) is 0. The highest BCUT2D eigenvalue weighted by Gasteiger charge is 2.19. The Hall–Kier alpha value is -0.680. The minimum absolute atomic E-state index is 0.746. The molecule has 17 heavy (non-hydrogen) atoms. The second-order valence-electron chi connectivity index (χ2n) is 4.74. The van der Waals surface area contributed by atoms with Crippen LogP contribution in [0.15, 0.2) is 0 Å². The summed E-state index contributed by atoms with van der Waals surface area (Å²) in [5, 5.41) is 13.6. The maximum atomic E-state index is 4.23. The Labute approximate surface area is 107 Å². The van der Waals surface area contributed by atoms with E-state index in [1.807, 2.05) is 0 Å². The van der Waals surface area contributed by atoms with Crippen molar-refractivity contribution in [3.05, 3.63) is 5.01 Å². The van der Waals surface area contributed by atoms with Gasteiger partial charge in [-0.15, -0.1) is 10.2 Å². The van der Waals surface area contributed by atoms with Crippen molar-refractivity contribution in [3.63, 3.8) is 0 Å². The van der Waals surface area contributed by atoms with Gasteiger partial charge in [-0.25, -0.2) is 0 Å². The fraction of sp³-hybridized carbons (Fsp3) is 0.833. The first kappa shape index (κ1) is 12.8. The van der Waals surface area contributed by atoms with Crippen molar-refractivity contribution in [2.45, 2.75) is 51.6 Å². The average molecular weight is 254 g/mol. The molecule has 0 amide bonds. The minimum atomic E-state index is 0.746. The molecule has 1 fully saturated rings. The first-order valence-corrected chi connectivity index (χ1v) is 7.37. The van der Waals surface area contributed by atoms with Crippen LogP contribution in [0.3, 0.4) is 0 Å². The average Bonchev–Trinajstić information content (AvgIpc) is 2.78. The van der Waals surface area contributed by atoms with Gasteiger partial charge in [-0.1, -0.05) is 30.6 Å². The molecule has 0 radical (unpaired) electrons. The summed E-state index contributed by atoms with van der Waals surface area (Å²) in [6.45, 7) is 3.93. The van der Waals surface area contributed by atoms with Crippen molar-refractivity contribution < 1.29 is 0 Å². The van der Waals surface area contributed by atoms with E-state index in [1.165, 1.54) is 32.1 Å². The summed E-state index contributed by atoms with van der Waals surface area (Å²) in [7, 11) is 2.21. The molecule has 0 bridgehead atoms. The molecule has 1 N–H and O–H groups in total. The second-order valence-corrected chi connectivity index (χ2v) is 5.80. The topological polar surface area (TPSA) is 41.1 Å². The van der Waals surface area contributed by atoms with Crippen molar-refractivity contribution >= 4 is 16.5 Å². The van der Waals surface area contributed by atoms with Gasteiger partial charge in [-0.3, -0.25) is 4.90 Å². The molecule has 0 aromatic carbocycles. The molecule has 0 atom stereocenters. The summed E-state index contributed by atoms with van der Waals surface area (Å²) < 4.78 is 0. The smallest absolute Gasteiger partial charge is 0.205 e. The number of nitrogens with zero attached hydrogens (tertiary/aromatic N) is 3. The summed E-state index contributed by atoms with van der Waals surface area (Å²) in [4.78, 5) is 2.44. The predicted octanol–water partition coefficient (Wildman–Crippen LogP) is 2.73. The lowest BCUT2D eigenvalue weighted by atomic mass is 9.94. The molecule has 0 saturated heterocycles. The van der Waals surface area contributed by atoms with E-state index in [0.717, 1.165) is 29.3 Å². The summed E-state index contributed by atoms with van der Waals surface area (Å²) in [6, 6.07) is 0.746. The SMILES string of the molecule is CCNc1nnc(CN(C)C2CCCCC2)s1. The molecular formula is C12H22N4S. The van der Waals surface area contributed by atoms with Gasteiger partial charge in [0.2, 0.25) is 5.13 Å². The number of hydrogen-bond donors (Lipinski definition) is 1. The van der Waals surface area contributed by atoms with Crippen molar-refractivity contribution in [1.82, 2.24) is 15.1 Å². The number of aromatic nitrogens is 2. The Bertz CT molecular complexity index is 333. The van der Waals surface area contributed by atoms with Gasteiger partial charge in [-0.2, -0.15) is 0 Å². The van der Waals surface area contributed by atoms with Gasteiger partial charge in [-0.05, 0) is 26.8 Å². The first-order valence-electron chi connectivity index (χ1n) is 6.56. The monoisotopic (exact) mass is 254 g/mol. The van der Waals surface area contributed by atoms with Gasteiger partial charge in [0.1, 0.15) is 5.01 Å². The summed E-state index contributed by atoms with van der Waals surface area (Å²) in [6.07, 6.45) is 6.86. The molecule has 1 aromatic heterocycles. The Morgan fingerprint density at radius 2 is 2.06 bits per heavy atom. The van der Waals surface area contributed by atoms with Crippen LogP contribution in [-0.4, -0.2) is 34.7 Å². The fourth-order valence-corrected chi connectivity index (χ4v) is 3.28. The maximum absolute atomic E-state index is 4.23. The van der Waals surface area contributed by atoms with Crippen molar-refractivity contribution in [2.24, 2.45) is 0 Å². The van der Waals surface area contributed by atoms with E-state index in [-0.39, 0.29) is 0 Å². The molecule has 0 aliphatic heterocycles. The van der Waals surface area contributed by atoms with Gasteiger partial charge >= 0.3 is 0 Å². The number of rotatable bonds is 5. The molecule has 1 aliphatic rings. The lowest BCUT2D eigenvalue weighted by molar-refractivity contribution is 0.184. The zero-order chi connectivity index (χ0) is 12.1. The third kappa shape index (κ3) is 3.64. The molecular weight excluding hydrogens is 232 g/mol. The second kappa shape index (κ2) is 6.31. The minimum Gasteiger partial charge on any atom is -0.360 e. The van der Waals surface area contributed by atoms with Crippen molar-refractivity contribution in [1.29, 1.82) is 0 Å². The standard InChI is InChI=1S/C12H22N4S/c1-3-13-12-15-14-11(17-12)9-16(2)10-7-5-4-6-8-10/h10H,3-9H2,1-2H3,(H,13,15). The Morgan fingerprint density at radius 1 is 1.29 bits per heavy atom. The molecule has 2 rings (SSSR count). The van der Waals surface area contributed by atoms with Gasteiger partial charge < -0.3 is 5.32 Å². The molecule has 1 heterocycles. The predicted molar refractivity (Wildman–Crippen MR) is 72.4 cm³/mol. The molecule has 0 unspecified atom stereocenters. The van der Waals surface area contributed by atoms with E-state index in [0.29, 0.717) is 0 Å². The fourth-order valence-electron chi connectivity index (χ4n) is 2.40. The summed E-state index contributed by atoms with van der Waals surface area (Å²) >= 11 is 1.67. The molecule has 5 heteroatoms. The highest BCUT2D eigenvalue weighted by atomic mass is 32.1. The number of anilines is 1. The third-order valence-electron chi connectivity index (χ3n) is 3.38. The van der Waals surface area contributed by atoms with E-state index in [9.17, 15) is 0 Å². The van der Waals surface area contributed by atoms with Crippen LogP contribution in [0.25, 0.3) is 0 Å². The molecule has 4 nitrogen and oxygen atoms in total. The van der Waals surface area contributed by atoms with Crippen molar-refractivity contribution in [3.8, 4) is 0 Å². The normalized spacial score (nSPS) is 17.6. The Balaban J connectivity index is 1.85. The highest BCUT2D eigenvalue weighted by molar-refractivity contribution is 7.15. The van der Waals surface area contributed by atoms with Crippen LogP contribution in [0.1, 0.15) is 44.0 Å². The molecule has 96 valence electrons. The highest BCUT2D eigenvalue weighted by Crippen LogP contribution is 2.24. The van der Waals surface area contributed by atoms with E-state index in [1.54, 1.807) is 11.3 Å². The van der Waals surface area contributed by atoms with Crippen LogP contribution >= 0.6 is 11.3 Å². The Morgan fingerprint density at radius 3 is 2.76 bits per heavy atom. The molecule has 1 saturated carbocycles.